The number of nitrogens with zero attached hydrogens (tertiary/aromatic N) is 2. The van der Waals surface area contributed by atoms with Gasteiger partial charge in [-0.2, -0.15) is 13.2 Å². The molecule has 0 saturated carbocycles. The molecule has 118 valence electrons. The molecule has 2 aromatic rings. The Morgan fingerprint density at radius 1 is 1.23 bits per heavy atom. The monoisotopic (exact) mass is 312 g/mol. The summed E-state index contributed by atoms with van der Waals surface area (Å²) in [6.07, 6.45) is -3.50. The minimum atomic E-state index is -4.50. The van der Waals surface area contributed by atoms with Crippen LogP contribution in [0.1, 0.15) is 35.9 Å². The molecule has 0 N–H and O–H groups in total. The second kappa shape index (κ2) is 5.82. The van der Waals surface area contributed by atoms with E-state index < -0.39 is 17.8 Å². The second-order valence-electron chi connectivity index (χ2n) is 5.02. The van der Waals surface area contributed by atoms with Crippen molar-refractivity contribution in [3.63, 3.8) is 0 Å². The van der Waals surface area contributed by atoms with Crippen molar-refractivity contribution in [3.8, 4) is 11.4 Å². The molecule has 7 heteroatoms. The van der Waals surface area contributed by atoms with E-state index in [-0.39, 0.29) is 11.9 Å². The van der Waals surface area contributed by atoms with Gasteiger partial charge >= 0.3 is 12.1 Å². The maximum atomic E-state index is 12.8. The molecular formula is C15H15F3N2O2. The number of esters is 1. The molecule has 0 aliphatic rings. The van der Waals surface area contributed by atoms with Gasteiger partial charge in [0.25, 0.3) is 0 Å². The molecule has 0 bridgehead atoms. The fourth-order valence-corrected chi connectivity index (χ4v) is 2.01. The van der Waals surface area contributed by atoms with E-state index in [1.807, 2.05) is 0 Å². The Kier molecular flexibility index (Phi) is 4.25. The predicted molar refractivity (Wildman–Crippen MR) is 74.4 cm³/mol. The van der Waals surface area contributed by atoms with Crippen molar-refractivity contribution < 1.29 is 22.7 Å². The number of benzene rings is 1. The number of carbonyl (C=O) groups excluding carboxylic acids is 1. The third kappa shape index (κ3) is 3.13. The van der Waals surface area contributed by atoms with Gasteiger partial charge in [-0.1, -0.05) is 12.1 Å². The number of hydrogen-bond acceptors (Lipinski definition) is 3. The average molecular weight is 312 g/mol. The summed E-state index contributed by atoms with van der Waals surface area (Å²) in [6.45, 7) is 3.54. The Labute approximate surface area is 125 Å². The summed E-state index contributed by atoms with van der Waals surface area (Å²) in [4.78, 5) is 15.1. The number of hydrogen-bond donors (Lipinski definition) is 0. The molecule has 4 nitrogen and oxygen atoms in total. The molecule has 1 aromatic carbocycles. The van der Waals surface area contributed by atoms with Crippen LogP contribution >= 0.6 is 0 Å². The van der Waals surface area contributed by atoms with E-state index in [1.165, 1.54) is 23.8 Å². The normalized spacial score (nSPS) is 11.8. The quantitative estimate of drug-likeness (QED) is 0.806. The molecule has 0 aliphatic heterocycles. The molecule has 0 spiro atoms. The van der Waals surface area contributed by atoms with E-state index >= 15 is 0 Å². The first kappa shape index (κ1) is 16.1. The average Bonchev–Trinajstić information content (AvgIpc) is 2.92. The van der Waals surface area contributed by atoms with Crippen LogP contribution in [0.3, 0.4) is 0 Å². The number of methoxy groups -OCH3 is 1. The number of rotatable bonds is 3. The number of aromatic nitrogens is 2. The first-order valence-corrected chi connectivity index (χ1v) is 6.59. The van der Waals surface area contributed by atoms with E-state index in [0.29, 0.717) is 11.1 Å². The van der Waals surface area contributed by atoms with Crippen LogP contribution in [0.5, 0.6) is 0 Å². The minimum absolute atomic E-state index is 0.182. The zero-order valence-electron chi connectivity index (χ0n) is 12.3. The molecule has 22 heavy (non-hydrogen) atoms. The van der Waals surface area contributed by atoms with Gasteiger partial charge in [-0.15, -0.1) is 0 Å². The van der Waals surface area contributed by atoms with E-state index in [4.69, 9.17) is 0 Å². The van der Waals surface area contributed by atoms with Crippen LogP contribution in [0.4, 0.5) is 13.2 Å². The Morgan fingerprint density at radius 2 is 1.82 bits per heavy atom. The SMILES string of the molecule is COC(=O)c1ccc(-c2nc(C(F)(F)F)cn2C(C)C)cc1. The van der Waals surface area contributed by atoms with Crippen molar-refractivity contribution >= 4 is 5.97 Å². The maximum absolute atomic E-state index is 12.8. The van der Waals surface area contributed by atoms with Crippen molar-refractivity contribution in [2.24, 2.45) is 0 Å². The highest BCUT2D eigenvalue weighted by Crippen LogP contribution is 2.32. The Morgan fingerprint density at radius 3 is 2.27 bits per heavy atom. The van der Waals surface area contributed by atoms with Gasteiger partial charge < -0.3 is 9.30 Å². The fraction of sp³-hybridized carbons (Fsp3) is 0.333. The van der Waals surface area contributed by atoms with E-state index in [0.717, 1.165) is 6.20 Å². The lowest BCUT2D eigenvalue weighted by Gasteiger charge is -2.11. The molecule has 2 rings (SSSR count). The van der Waals surface area contributed by atoms with E-state index in [2.05, 4.69) is 9.72 Å². The van der Waals surface area contributed by atoms with Crippen molar-refractivity contribution in [2.75, 3.05) is 7.11 Å². The van der Waals surface area contributed by atoms with Crippen LogP contribution in [0, 0.1) is 0 Å². The number of carbonyl (C=O) groups is 1. The van der Waals surface area contributed by atoms with Gasteiger partial charge in [-0.25, -0.2) is 9.78 Å². The first-order chi connectivity index (χ1) is 10.2. The zero-order valence-corrected chi connectivity index (χ0v) is 12.3. The molecule has 0 aliphatic carbocycles. The molecule has 0 atom stereocenters. The lowest BCUT2D eigenvalue weighted by atomic mass is 10.1. The van der Waals surface area contributed by atoms with Crippen molar-refractivity contribution in [1.82, 2.24) is 9.55 Å². The van der Waals surface area contributed by atoms with Crippen LogP contribution in [0.25, 0.3) is 11.4 Å². The number of halogens is 3. The van der Waals surface area contributed by atoms with Crippen molar-refractivity contribution in [2.45, 2.75) is 26.1 Å². The standard InChI is InChI=1S/C15H15F3N2O2/c1-9(2)20-8-12(15(16,17)18)19-13(20)10-4-6-11(7-5-10)14(21)22-3/h4-9H,1-3H3. The van der Waals surface area contributed by atoms with Crippen LogP contribution < -0.4 is 0 Å². The van der Waals surface area contributed by atoms with Crippen LogP contribution in [-0.2, 0) is 10.9 Å². The summed E-state index contributed by atoms with van der Waals surface area (Å²) in [5.41, 5.74) is -0.116. The zero-order chi connectivity index (χ0) is 16.5. The summed E-state index contributed by atoms with van der Waals surface area (Å²) in [5, 5.41) is 0. The predicted octanol–water partition coefficient (Wildman–Crippen LogP) is 3.94. The summed E-state index contributed by atoms with van der Waals surface area (Å²) >= 11 is 0. The van der Waals surface area contributed by atoms with Crippen molar-refractivity contribution in [1.29, 1.82) is 0 Å². The highest BCUT2D eigenvalue weighted by molar-refractivity contribution is 5.89. The van der Waals surface area contributed by atoms with Crippen LogP contribution in [0.2, 0.25) is 0 Å². The molecule has 0 fully saturated rings. The van der Waals surface area contributed by atoms with Crippen LogP contribution in [-0.4, -0.2) is 22.6 Å². The summed E-state index contributed by atoms with van der Waals surface area (Å²) in [7, 11) is 1.26. The molecule has 0 unspecified atom stereocenters. The van der Waals surface area contributed by atoms with Gasteiger partial charge in [0.2, 0.25) is 0 Å². The smallest absolute Gasteiger partial charge is 0.434 e. The lowest BCUT2D eigenvalue weighted by molar-refractivity contribution is -0.140. The van der Waals surface area contributed by atoms with Gasteiger partial charge in [-0.3, -0.25) is 0 Å². The lowest BCUT2D eigenvalue weighted by Crippen LogP contribution is -2.05. The maximum Gasteiger partial charge on any atom is 0.434 e. The Hall–Kier alpha value is -2.31. The minimum Gasteiger partial charge on any atom is -0.465 e. The van der Waals surface area contributed by atoms with Gasteiger partial charge in [-0.05, 0) is 26.0 Å². The third-order valence-corrected chi connectivity index (χ3v) is 3.14. The Balaban J connectivity index is 2.47. The molecule has 1 aromatic heterocycles. The molecule has 0 amide bonds. The third-order valence-electron chi connectivity index (χ3n) is 3.14. The highest BCUT2D eigenvalue weighted by Gasteiger charge is 2.35. The van der Waals surface area contributed by atoms with E-state index in [9.17, 15) is 18.0 Å². The van der Waals surface area contributed by atoms with Gasteiger partial charge in [0.05, 0.1) is 12.7 Å². The Bertz CT molecular complexity index is 673. The summed E-state index contributed by atoms with van der Waals surface area (Å²) in [6, 6.07) is 5.90. The molecule has 0 radical (unpaired) electrons. The van der Waals surface area contributed by atoms with Gasteiger partial charge in [0.1, 0.15) is 5.82 Å². The van der Waals surface area contributed by atoms with Crippen molar-refractivity contribution in [3.05, 3.63) is 41.7 Å². The number of alkyl halides is 3. The topological polar surface area (TPSA) is 44.1 Å². The molecule has 0 saturated heterocycles. The van der Waals surface area contributed by atoms with Crippen LogP contribution in [0.15, 0.2) is 30.5 Å². The first-order valence-electron chi connectivity index (χ1n) is 6.59. The van der Waals surface area contributed by atoms with Gasteiger partial charge in [0, 0.05) is 17.8 Å². The van der Waals surface area contributed by atoms with E-state index in [1.54, 1.807) is 26.0 Å². The molecule has 1 heterocycles. The second-order valence-corrected chi connectivity index (χ2v) is 5.02. The number of ether oxygens (including phenoxy) is 1. The summed E-state index contributed by atoms with van der Waals surface area (Å²) < 4.78 is 44.6. The largest absolute Gasteiger partial charge is 0.465 e. The fourth-order valence-electron chi connectivity index (χ4n) is 2.01. The number of imidazole rings is 1. The molecular weight excluding hydrogens is 297 g/mol. The highest BCUT2D eigenvalue weighted by atomic mass is 19.4. The summed E-state index contributed by atoms with van der Waals surface area (Å²) in [5.74, 6) is -0.298. The van der Waals surface area contributed by atoms with Gasteiger partial charge in [0.15, 0.2) is 5.69 Å².